The number of rotatable bonds is 5. The summed E-state index contributed by atoms with van der Waals surface area (Å²) in [5.74, 6) is 0.142. The number of ketones is 1. The first kappa shape index (κ1) is 21.4. The Hall–Kier alpha value is -1.88. The molecule has 30 heavy (non-hydrogen) atoms. The van der Waals surface area contributed by atoms with E-state index in [1.807, 2.05) is 29.3 Å². The van der Waals surface area contributed by atoms with Gasteiger partial charge in [0.05, 0.1) is 0 Å². The highest BCUT2D eigenvalue weighted by molar-refractivity contribution is 6.36. The molecule has 2 aliphatic heterocycles. The van der Waals surface area contributed by atoms with Gasteiger partial charge in [0, 0.05) is 41.2 Å². The van der Waals surface area contributed by atoms with Crippen LogP contribution in [-0.2, 0) is 11.2 Å². The molecule has 158 valence electrons. The molecule has 0 radical (unpaired) electrons. The van der Waals surface area contributed by atoms with E-state index in [1.165, 1.54) is 6.42 Å². The minimum atomic E-state index is -0.0809. The summed E-state index contributed by atoms with van der Waals surface area (Å²) in [7, 11) is 0. The number of Topliss-reactive ketones (excluding diaryl/α,β-unsaturated/α-hetero) is 1. The zero-order valence-electron chi connectivity index (χ0n) is 17.2. The van der Waals surface area contributed by atoms with Gasteiger partial charge in [-0.3, -0.25) is 14.6 Å². The number of hydrazine groups is 1. The van der Waals surface area contributed by atoms with Crippen molar-refractivity contribution in [2.75, 3.05) is 19.6 Å². The van der Waals surface area contributed by atoms with Crippen LogP contribution in [0.3, 0.4) is 0 Å². The van der Waals surface area contributed by atoms with Gasteiger partial charge in [0.25, 0.3) is 0 Å². The molecule has 4 nitrogen and oxygen atoms in total. The average molecular weight is 445 g/mol. The maximum atomic E-state index is 13.0. The van der Waals surface area contributed by atoms with Crippen LogP contribution in [-0.4, -0.2) is 41.3 Å². The van der Waals surface area contributed by atoms with E-state index in [4.69, 9.17) is 23.2 Å². The zero-order chi connectivity index (χ0) is 21.3. The minimum absolute atomic E-state index is 0.0350. The molecule has 0 aromatic heterocycles. The van der Waals surface area contributed by atoms with Gasteiger partial charge in [-0.1, -0.05) is 53.9 Å². The molecule has 0 saturated carbocycles. The lowest BCUT2D eigenvalue weighted by molar-refractivity contribution is -0.147. The van der Waals surface area contributed by atoms with Gasteiger partial charge in [-0.2, -0.15) is 0 Å². The molecule has 4 rings (SSSR count). The largest absolute Gasteiger partial charge is 0.295 e. The van der Waals surface area contributed by atoms with Crippen molar-refractivity contribution in [3.8, 4) is 11.1 Å². The topological polar surface area (TPSA) is 40.6 Å². The number of piperidine rings is 1. The molecule has 2 heterocycles. The number of benzene rings is 2. The fraction of sp³-hybridized carbons (Fsp3) is 0.417. The van der Waals surface area contributed by atoms with Crippen molar-refractivity contribution < 1.29 is 9.59 Å². The number of hydrogen-bond acceptors (Lipinski definition) is 3. The summed E-state index contributed by atoms with van der Waals surface area (Å²) in [6, 6.07) is 11.2. The van der Waals surface area contributed by atoms with Gasteiger partial charge in [-0.05, 0) is 61.4 Å². The Morgan fingerprint density at radius 2 is 1.60 bits per heavy atom. The number of halogens is 2. The molecule has 2 fully saturated rings. The van der Waals surface area contributed by atoms with Crippen molar-refractivity contribution in [3.05, 3.63) is 57.6 Å². The molecule has 1 atom stereocenters. The Labute approximate surface area is 187 Å². The van der Waals surface area contributed by atoms with Crippen LogP contribution in [0.25, 0.3) is 11.1 Å². The van der Waals surface area contributed by atoms with Crippen LogP contribution in [0.15, 0.2) is 36.4 Å². The van der Waals surface area contributed by atoms with Gasteiger partial charge in [0.1, 0.15) is 0 Å². The van der Waals surface area contributed by atoms with Gasteiger partial charge in [0.2, 0.25) is 5.91 Å². The zero-order valence-corrected chi connectivity index (χ0v) is 18.7. The molecular formula is C24H26Cl2N2O2. The second-order valence-corrected chi connectivity index (χ2v) is 9.03. The smallest absolute Gasteiger partial charge is 0.240 e. The van der Waals surface area contributed by atoms with Crippen molar-refractivity contribution in [1.82, 2.24) is 10.0 Å². The molecular weight excluding hydrogens is 419 g/mol. The summed E-state index contributed by atoms with van der Waals surface area (Å²) in [5.41, 5.74) is 3.35. The predicted molar refractivity (Wildman–Crippen MR) is 121 cm³/mol. The van der Waals surface area contributed by atoms with Crippen molar-refractivity contribution >= 4 is 34.9 Å². The summed E-state index contributed by atoms with van der Waals surface area (Å²) in [6.07, 6.45) is 4.94. The van der Waals surface area contributed by atoms with Crippen LogP contribution in [0, 0.1) is 5.92 Å². The summed E-state index contributed by atoms with van der Waals surface area (Å²) < 4.78 is 0. The Morgan fingerprint density at radius 1 is 0.967 bits per heavy atom. The molecule has 2 aromatic rings. The lowest BCUT2D eigenvalue weighted by Crippen LogP contribution is -2.47. The molecule has 2 aromatic carbocycles. The second kappa shape index (κ2) is 9.09. The Bertz CT molecular complexity index is 929. The van der Waals surface area contributed by atoms with Crippen LogP contribution in [0.5, 0.6) is 0 Å². The van der Waals surface area contributed by atoms with E-state index in [2.05, 4.69) is 5.01 Å². The SMILES string of the molecule is CC(=O)c1ccc(-c2cc(Cl)c(CC3CCN(N4CCCCC4)C3=O)c(Cl)c2)cc1. The Balaban J connectivity index is 1.50. The standard InChI is InChI=1S/C24H26Cl2N2O2/c1-16(29)17-5-7-18(8-6-17)20-14-22(25)21(23(26)15-20)13-19-9-12-28(24(19)30)27-10-3-2-4-11-27/h5-8,14-15,19H,2-4,9-13H2,1H3. The van der Waals surface area contributed by atoms with E-state index in [-0.39, 0.29) is 17.6 Å². The van der Waals surface area contributed by atoms with Crippen molar-refractivity contribution in [2.45, 2.75) is 39.0 Å². The van der Waals surface area contributed by atoms with Crippen molar-refractivity contribution in [1.29, 1.82) is 0 Å². The summed E-state index contributed by atoms with van der Waals surface area (Å²) in [6.45, 7) is 4.27. The molecule has 0 bridgehead atoms. The van der Waals surface area contributed by atoms with Gasteiger partial charge in [-0.15, -0.1) is 0 Å². The van der Waals surface area contributed by atoms with Crippen molar-refractivity contribution in [3.63, 3.8) is 0 Å². The lowest BCUT2D eigenvalue weighted by atomic mass is 9.95. The molecule has 2 aliphatic rings. The highest BCUT2D eigenvalue weighted by Crippen LogP contribution is 2.35. The summed E-state index contributed by atoms with van der Waals surface area (Å²) >= 11 is 13.2. The summed E-state index contributed by atoms with van der Waals surface area (Å²) in [5, 5.41) is 5.31. The maximum Gasteiger partial charge on any atom is 0.240 e. The number of carbonyl (C=O) groups excluding carboxylic acids is 2. The molecule has 1 unspecified atom stereocenters. The number of amides is 1. The minimum Gasteiger partial charge on any atom is -0.295 e. The highest BCUT2D eigenvalue weighted by atomic mass is 35.5. The average Bonchev–Trinajstić information content (AvgIpc) is 3.11. The maximum absolute atomic E-state index is 13.0. The van der Waals surface area contributed by atoms with E-state index < -0.39 is 0 Å². The van der Waals surface area contributed by atoms with Crippen LogP contribution in [0.1, 0.15) is 48.5 Å². The Kier molecular flexibility index (Phi) is 6.47. The van der Waals surface area contributed by atoms with Crippen LogP contribution < -0.4 is 0 Å². The normalized spacial score (nSPS) is 20.0. The molecule has 0 spiro atoms. The molecule has 2 saturated heterocycles. The van der Waals surface area contributed by atoms with E-state index >= 15 is 0 Å². The van der Waals surface area contributed by atoms with Crippen LogP contribution in [0.4, 0.5) is 0 Å². The fourth-order valence-electron chi connectivity index (χ4n) is 4.42. The van der Waals surface area contributed by atoms with E-state index in [0.29, 0.717) is 22.0 Å². The van der Waals surface area contributed by atoms with Crippen LogP contribution in [0.2, 0.25) is 10.0 Å². The first-order valence-corrected chi connectivity index (χ1v) is 11.3. The van der Waals surface area contributed by atoms with E-state index in [1.54, 1.807) is 19.1 Å². The third kappa shape index (κ3) is 4.41. The molecule has 0 aliphatic carbocycles. The third-order valence-corrected chi connectivity index (χ3v) is 6.86. The van der Waals surface area contributed by atoms with Gasteiger partial charge < -0.3 is 0 Å². The number of hydrogen-bond donors (Lipinski definition) is 0. The number of carbonyl (C=O) groups is 2. The third-order valence-electron chi connectivity index (χ3n) is 6.18. The molecule has 0 N–H and O–H groups in total. The van der Waals surface area contributed by atoms with E-state index in [9.17, 15) is 9.59 Å². The summed E-state index contributed by atoms with van der Waals surface area (Å²) in [4.78, 5) is 24.5. The second-order valence-electron chi connectivity index (χ2n) is 8.22. The predicted octanol–water partition coefficient (Wildman–Crippen LogP) is 5.65. The molecule has 6 heteroatoms. The monoisotopic (exact) mass is 444 g/mol. The fourth-order valence-corrected chi connectivity index (χ4v) is 5.06. The molecule has 1 amide bonds. The Morgan fingerprint density at radius 3 is 2.20 bits per heavy atom. The first-order chi connectivity index (χ1) is 14.4. The quantitative estimate of drug-likeness (QED) is 0.558. The van der Waals surface area contributed by atoms with Crippen LogP contribution >= 0.6 is 23.2 Å². The first-order valence-electron chi connectivity index (χ1n) is 10.6. The van der Waals surface area contributed by atoms with Crippen molar-refractivity contribution in [2.24, 2.45) is 5.92 Å². The van der Waals surface area contributed by atoms with Gasteiger partial charge in [-0.25, -0.2) is 5.01 Å². The van der Waals surface area contributed by atoms with Gasteiger partial charge in [0.15, 0.2) is 5.78 Å². The highest BCUT2D eigenvalue weighted by Gasteiger charge is 2.36. The number of nitrogens with zero attached hydrogens (tertiary/aromatic N) is 2. The lowest BCUT2D eigenvalue weighted by Gasteiger charge is -2.34. The van der Waals surface area contributed by atoms with Gasteiger partial charge >= 0.3 is 0 Å². The van der Waals surface area contributed by atoms with E-state index in [0.717, 1.165) is 55.6 Å².